The SMILES string of the molecule is C=C1CCN(C(C)C)CCC=C1C. The minimum Gasteiger partial charge on any atom is -0.300 e. The number of rotatable bonds is 1. The standard InChI is InChI=1S/C12H21N/c1-10(2)13-8-5-6-11(3)12(4)7-9-13/h6,10H,4-5,7-9H2,1-3H3. The summed E-state index contributed by atoms with van der Waals surface area (Å²) in [4.78, 5) is 2.52. The van der Waals surface area contributed by atoms with Crippen LogP contribution in [0.5, 0.6) is 0 Å². The topological polar surface area (TPSA) is 3.24 Å². The van der Waals surface area contributed by atoms with Crippen LogP contribution < -0.4 is 0 Å². The number of hydrogen-bond donors (Lipinski definition) is 0. The Morgan fingerprint density at radius 2 is 2.08 bits per heavy atom. The predicted octanol–water partition coefficient (Wildman–Crippen LogP) is 2.99. The minimum absolute atomic E-state index is 0.666. The third-order valence-electron chi connectivity index (χ3n) is 2.86. The average molecular weight is 179 g/mol. The first kappa shape index (κ1) is 10.5. The van der Waals surface area contributed by atoms with Crippen molar-refractivity contribution in [2.75, 3.05) is 13.1 Å². The van der Waals surface area contributed by atoms with E-state index in [1.54, 1.807) is 0 Å². The summed E-state index contributed by atoms with van der Waals surface area (Å²) in [6, 6.07) is 0.666. The monoisotopic (exact) mass is 179 g/mol. The van der Waals surface area contributed by atoms with E-state index in [0.717, 1.165) is 6.42 Å². The van der Waals surface area contributed by atoms with Gasteiger partial charge < -0.3 is 4.90 Å². The summed E-state index contributed by atoms with van der Waals surface area (Å²) < 4.78 is 0. The molecule has 0 N–H and O–H groups in total. The molecule has 0 saturated carbocycles. The highest BCUT2D eigenvalue weighted by Crippen LogP contribution is 2.17. The van der Waals surface area contributed by atoms with Crippen molar-refractivity contribution in [3.8, 4) is 0 Å². The van der Waals surface area contributed by atoms with Gasteiger partial charge in [0.2, 0.25) is 0 Å². The molecule has 13 heavy (non-hydrogen) atoms. The molecule has 0 atom stereocenters. The van der Waals surface area contributed by atoms with Crippen LogP contribution in [0.2, 0.25) is 0 Å². The molecule has 74 valence electrons. The maximum Gasteiger partial charge on any atom is 0.00388 e. The summed E-state index contributed by atoms with van der Waals surface area (Å²) in [5, 5.41) is 0. The van der Waals surface area contributed by atoms with Crippen LogP contribution in [0.3, 0.4) is 0 Å². The van der Waals surface area contributed by atoms with Gasteiger partial charge in [0, 0.05) is 19.1 Å². The highest BCUT2D eigenvalue weighted by Gasteiger charge is 2.11. The van der Waals surface area contributed by atoms with Crippen molar-refractivity contribution in [1.29, 1.82) is 0 Å². The quantitative estimate of drug-likeness (QED) is 0.598. The van der Waals surface area contributed by atoms with Crippen molar-refractivity contribution in [1.82, 2.24) is 4.90 Å². The van der Waals surface area contributed by atoms with E-state index in [-0.39, 0.29) is 0 Å². The van der Waals surface area contributed by atoms with E-state index in [4.69, 9.17) is 0 Å². The molecule has 1 heteroatoms. The fourth-order valence-electron chi connectivity index (χ4n) is 1.70. The van der Waals surface area contributed by atoms with E-state index in [9.17, 15) is 0 Å². The molecule has 1 rings (SSSR count). The van der Waals surface area contributed by atoms with Gasteiger partial charge in [-0.2, -0.15) is 0 Å². The molecular formula is C12H21N. The molecule has 0 saturated heterocycles. The Morgan fingerprint density at radius 3 is 2.69 bits per heavy atom. The fourth-order valence-corrected chi connectivity index (χ4v) is 1.70. The van der Waals surface area contributed by atoms with Gasteiger partial charge >= 0.3 is 0 Å². The van der Waals surface area contributed by atoms with Gasteiger partial charge in [-0.25, -0.2) is 0 Å². The van der Waals surface area contributed by atoms with Gasteiger partial charge in [-0.1, -0.05) is 23.8 Å². The van der Waals surface area contributed by atoms with Gasteiger partial charge in [-0.05, 0) is 33.6 Å². The lowest BCUT2D eigenvalue weighted by molar-refractivity contribution is 0.227. The van der Waals surface area contributed by atoms with Gasteiger partial charge in [-0.3, -0.25) is 0 Å². The molecule has 0 spiro atoms. The molecule has 1 heterocycles. The Bertz CT molecular complexity index is 213. The molecule has 0 aliphatic carbocycles. The van der Waals surface area contributed by atoms with Crippen molar-refractivity contribution in [3.05, 3.63) is 23.8 Å². The molecule has 0 aromatic heterocycles. The Hall–Kier alpha value is -0.560. The lowest BCUT2D eigenvalue weighted by Crippen LogP contribution is -2.33. The van der Waals surface area contributed by atoms with Gasteiger partial charge in [-0.15, -0.1) is 0 Å². The maximum absolute atomic E-state index is 4.10. The first-order valence-electron chi connectivity index (χ1n) is 5.20. The van der Waals surface area contributed by atoms with Crippen LogP contribution in [-0.4, -0.2) is 24.0 Å². The van der Waals surface area contributed by atoms with E-state index < -0.39 is 0 Å². The van der Waals surface area contributed by atoms with Gasteiger partial charge in [0.25, 0.3) is 0 Å². The molecule has 1 nitrogen and oxygen atoms in total. The third-order valence-corrected chi connectivity index (χ3v) is 2.86. The molecule has 0 aromatic carbocycles. The number of allylic oxidation sites excluding steroid dienone is 1. The van der Waals surface area contributed by atoms with E-state index in [1.165, 1.54) is 30.7 Å². The van der Waals surface area contributed by atoms with Crippen molar-refractivity contribution in [3.63, 3.8) is 0 Å². The second-order valence-electron chi connectivity index (χ2n) is 4.16. The second kappa shape index (κ2) is 4.61. The minimum atomic E-state index is 0.666. The van der Waals surface area contributed by atoms with Crippen LogP contribution in [0.4, 0.5) is 0 Å². The Balaban J connectivity index is 2.59. The second-order valence-corrected chi connectivity index (χ2v) is 4.16. The molecule has 0 amide bonds. The van der Waals surface area contributed by atoms with E-state index in [1.807, 2.05) is 0 Å². The van der Waals surface area contributed by atoms with Crippen LogP contribution >= 0.6 is 0 Å². The maximum atomic E-state index is 4.10. The molecule has 0 radical (unpaired) electrons. The smallest absolute Gasteiger partial charge is 0.00388 e. The Morgan fingerprint density at radius 1 is 1.38 bits per heavy atom. The van der Waals surface area contributed by atoms with E-state index in [0.29, 0.717) is 6.04 Å². The van der Waals surface area contributed by atoms with Crippen molar-refractivity contribution < 1.29 is 0 Å². The van der Waals surface area contributed by atoms with Gasteiger partial charge in [0.1, 0.15) is 0 Å². The summed E-state index contributed by atoms with van der Waals surface area (Å²) in [7, 11) is 0. The summed E-state index contributed by atoms with van der Waals surface area (Å²) in [5.41, 5.74) is 2.70. The van der Waals surface area contributed by atoms with Crippen LogP contribution in [0.25, 0.3) is 0 Å². The lowest BCUT2D eigenvalue weighted by Gasteiger charge is -2.28. The van der Waals surface area contributed by atoms with Gasteiger partial charge in [0.05, 0.1) is 0 Å². The zero-order valence-corrected chi connectivity index (χ0v) is 9.14. The molecule has 0 bridgehead atoms. The van der Waals surface area contributed by atoms with Crippen LogP contribution in [-0.2, 0) is 0 Å². The van der Waals surface area contributed by atoms with E-state index >= 15 is 0 Å². The summed E-state index contributed by atoms with van der Waals surface area (Å²) in [5.74, 6) is 0. The highest BCUT2D eigenvalue weighted by atomic mass is 15.1. The highest BCUT2D eigenvalue weighted by molar-refractivity contribution is 5.26. The zero-order chi connectivity index (χ0) is 9.84. The van der Waals surface area contributed by atoms with Crippen LogP contribution in [0.1, 0.15) is 33.6 Å². The third kappa shape index (κ3) is 3.00. The van der Waals surface area contributed by atoms with Crippen molar-refractivity contribution >= 4 is 0 Å². The summed E-state index contributed by atoms with van der Waals surface area (Å²) >= 11 is 0. The molecule has 1 aliphatic rings. The summed E-state index contributed by atoms with van der Waals surface area (Å²) in [6.45, 7) is 13.2. The lowest BCUT2D eigenvalue weighted by atomic mass is 10.0. The Labute approximate surface area is 82.1 Å². The average Bonchev–Trinajstić information content (AvgIpc) is 2.06. The largest absolute Gasteiger partial charge is 0.300 e. The van der Waals surface area contributed by atoms with Crippen LogP contribution in [0, 0.1) is 0 Å². The molecule has 0 aromatic rings. The first-order valence-corrected chi connectivity index (χ1v) is 5.20. The van der Waals surface area contributed by atoms with Gasteiger partial charge in [0.15, 0.2) is 0 Å². The molecule has 1 aliphatic heterocycles. The van der Waals surface area contributed by atoms with E-state index in [2.05, 4.69) is 38.3 Å². The van der Waals surface area contributed by atoms with Crippen molar-refractivity contribution in [2.24, 2.45) is 0 Å². The number of nitrogens with zero attached hydrogens (tertiary/aromatic N) is 1. The zero-order valence-electron chi connectivity index (χ0n) is 9.14. The van der Waals surface area contributed by atoms with Crippen LogP contribution in [0.15, 0.2) is 23.8 Å². The fraction of sp³-hybridized carbons (Fsp3) is 0.667. The number of hydrogen-bond acceptors (Lipinski definition) is 1. The normalized spacial score (nSPS) is 21.2. The van der Waals surface area contributed by atoms with Crippen molar-refractivity contribution in [2.45, 2.75) is 39.7 Å². The molecule has 0 fully saturated rings. The predicted molar refractivity (Wildman–Crippen MR) is 58.8 cm³/mol. The summed E-state index contributed by atoms with van der Waals surface area (Å²) in [6.07, 6.45) is 4.61. The Kier molecular flexibility index (Phi) is 3.73. The first-order chi connectivity index (χ1) is 6.11. The molecule has 0 unspecified atom stereocenters. The molecular weight excluding hydrogens is 158 g/mol.